The average Bonchev–Trinajstić information content (AvgIpc) is 2.82. The molecule has 0 bridgehead atoms. The van der Waals surface area contributed by atoms with Crippen molar-refractivity contribution in [3.8, 4) is 0 Å². The lowest BCUT2D eigenvalue weighted by Gasteiger charge is -2.12. The Labute approximate surface area is 132 Å². The molecule has 1 heterocycles. The summed E-state index contributed by atoms with van der Waals surface area (Å²) in [5, 5.41) is 9.99. The Balaban J connectivity index is 2.25. The Morgan fingerprint density at radius 3 is 2.75 bits per heavy atom. The van der Waals surface area contributed by atoms with Crippen molar-refractivity contribution in [2.75, 3.05) is 19.0 Å². The molecule has 0 saturated carbocycles. The van der Waals surface area contributed by atoms with E-state index in [4.69, 9.17) is 17.3 Å². The largest absolute Gasteiger partial charge is 0.353 e. The summed E-state index contributed by atoms with van der Waals surface area (Å²) in [7, 11) is 3.91. The Hall–Kier alpha value is -0.820. The fourth-order valence-electron chi connectivity index (χ4n) is 1.67. The Morgan fingerprint density at radius 1 is 1.40 bits per heavy atom. The molecule has 20 heavy (non-hydrogen) atoms. The highest BCUT2D eigenvalue weighted by Gasteiger charge is 2.13. The van der Waals surface area contributed by atoms with Gasteiger partial charge in [-0.1, -0.05) is 40.8 Å². The maximum absolute atomic E-state index is 6.29. The molecular weight excluding hydrogens is 312 g/mol. The second kappa shape index (κ2) is 6.76. The molecule has 2 aromatic rings. The zero-order chi connectivity index (χ0) is 14.7. The summed E-state index contributed by atoms with van der Waals surface area (Å²) in [4.78, 5) is 3.04. The number of benzene rings is 1. The minimum Gasteiger partial charge on any atom is -0.353 e. The maximum atomic E-state index is 6.29. The van der Waals surface area contributed by atoms with E-state index in [0.717, 1.165) is 31.4 Å². The molecule has 108 valence electrons. The van der Waals surface area contributed by atoms with Crippen molar-refractivity contribution in [3.05, 3.63) is 28.8 Å². The van der Waals surface area contributed by atoms with E-state index >= 15 is 0 Å². The molecule has 1 aromatic heterocycles. The first-order valence-corrected chi connectivity index (χ1v) is 8.20. The lowest BCUT2D eigenvalue weighted by atomic mass is 10.1. The highest BCUT2D eigenvalue weighted by atomic mass is 35.5. The normalized spacial score (nSPS) is 12.4. The van der Waals surface area contributed by atoms with Crippen LogP contribution < -0.4 is 10.6 Å². The van der Waals surface area contributed by atoms with Crippen LogP contribution in [0.3, 0.4) is 0 Å². The lowest BCUT2D eigenvalue weighted by molar-refractivity contribution is 0.729. The molecule has 0 aliphatic carbocycles. The molecule has 0 spiro atoms. The minimum absolute atomic E-state index is 0.0704. The van der Waals surface area contributed by atoms with Crippen LogP contribution in [0.15, 0.2) is 27.4 Å². The van der Waals surface area contributed by atoms with Crippen molar-refractivity contribution in [1.29, 1.82) is 0 Å². The average molecular weight is 329 g/mol. The first-order chi connectivity index (χ1) is 9.47. The van der Waals surface area contributed by atoms with Gasteiger partial charge in [0.15, 0.2) is 4.34 Å². The predicted molar refractivity (Wildman–Crippen MR) is 87.2 cm³/mol. The number of aromatic nitrogens is 2. The van der Waals surface area contributed by atoms with Gasteiger partial charge in [-0.15, -0.1) is 10.2 Å². The zero-order valence-corrected chi connectivity index (χ0v) is 14.0. The monoisotopic (exact) mass is 328 g/mol. The fraction of sp³-hybridized carbons (Fsp3) is 0.385. The topological polar surface area (TPSA) is 55.0 Å². The highest BCUT2D eigenvalue weighted by molar-refractivity contribution is 8.01. The molecule has 2 N–H and O–H groups in total. The molecule has 1 aromatic carbocycles. The number of rotatable bonds is 5. The third kappa shape index (κ3) is 3.85. The van der Waals surface area contributed by atoms with Crippen LogP contribution in [0.2, 0.25) is 5.02 Å². The summed E-state index contributed by atoms with van der Waals surface area (Å²) in [5.74, 6) is 0. The number of hydrogen-bond acceptors (Lipinski definition) is 6. The Bertz CT molecular complexity index is 584. The molecule has 4 nitrogen and oxygen atoms in total. The van der Waals surface area contributed by atoms with Crippen LogP contribution >= 0.6 is 34.7 Å². The number of hydrogen-bond donors (Lipinski definition) is 1. The molecule has 2 rings (SSSR count). The van der Waals surface area contributed by atoms with Gasteiger partial charge in [-0.2, -0.15) is 0 Å². The molecule has 7 heteroatoms. The quantitative estimate of drug-likeness (QED) is 0.912. The fourth-order valence-corrected chi connectivity index (χ4v) is 3.88. The van der Waals surface area contributed by atoms with Gasteiger partial charge >= 0.3 is 0 Å². The molecule has 1 unspecified atom stereocenters. The third-order valence-electron chi connectivity index (χ3n) is 2.58. The maximum Gasteiger partial charge on any atom is 0.208 e. The van der Waals surface area contributed by atoms with Gasteiger partial charge in [-0.25, -0.2) is 0 Å². The minimum atomic E-state index is 0.0704. The second-order valence-corrected chi connectivity index (χ2v) is 7.40. The van der Waals surface area contributed by atoms with Crippen LogP contribution in [-0.4, -0.2) is 30.3 Å². The van der Waals surface area contributed by atoms with Crippen molar-refractivity contribution in [2.45, 2.75) is 28.6 Å². The van der Waals surface area contributed by atoms with Gasteiger partial charge in [0.25, 0.3) is 0 Å². The van der Waals surface area contributed by atoms with Crippen LogP contribution in [0.5, 0.6) is 0 Å². The van der Waals surface area contributed by atoms with E-state index in [1.54, 1.807) is 23.1 Å². The van der Waals surface area contributed by atoms with Crippen LogP contribution in [-0.2, 0) is 6.42 Å². The smallest absolute Gasteiger partial charge is 0.208 e. The van der Waals surface area contributed by atoms with Gasteiger partial charge in [0, 0.05) is 30.1 Å². The van der Waals surface area contributed by atoms with Gasteiger partial charge in [0.05, 0.1) is 0 Å². The zero-order valence-electron chi connectivity index (χ0n) is 11.6. The Morgan fingerprint density at radius 2 is 2.15 bits per heavy atom. The summed E-state index contributed by atoms with van der Waals surface area (Å²) < 4.78 is 0.905. The highest BCUT2D eigenvalue weighted by Crippen LogP contribution is 2.37. The van der Waals surface area contributed by atoms with Gasteiger partial charge in [0.1, 0.15) is 0 Å². The van der Waals surface area contributed by atoms with Crippen LogP contribution in [0, 0.1) is 0 Å². The van der Waals surface area contributed by atoms with Crippen molar-refractivity contribution >= 4 is 39.8 Å². The third-order valence-corrected chi connectivity index (χ3v) is 5.18. The lowest BCUT2D eigenvalue weighted by Crippen LogP contribution is -2.18. The van der Waals surface area contributed by atoms with E-state index in [1.807, 2.05) is 44.1 Å². The molecule has 0 radical (unpaired) electrons. The van der Waals surface area contributed by atoms with Crippen LogP contribution in [0.4, 0.5) is 5.13 Å². The van der Waals surface area contributed by atoms with E-state index in [-0.39, 0.29) is 6.04 Å². The number of nitrogens with zero attached hydrogens (tertiary/aromatic N) is 3. The van der Waals surface area contributed by atoms with Gasteiger partial charge < -0.3 is 10.6 Å². The van der Waals surface area contributed by atoms with Gasteiger partial charge in [-0.3, -0.25) is 0 Å². The second-order valence-electron chi connectivity index (χ2n) is 4.74. The molecular formula is C13H17ClN4S2. The molecule has 0 amide bonds. The molecule has 0 aliphatic heterocycles. The number of halogens is 1. The summed E-state index contributed by atoms with van der Waals surface area (Å²) in [6.45, 7) is 1.98. The summed E-state index contributed by atoms with van der Waals surface area (Å²) >= 11 is 9.43. The standard InChI is InChI=1S/C13H17ClN4S2/c1-8(15)7-9-10(14)5-4-6-11(9)19-13-17-16-12(20-13)18(2)3/h4-6,8H,7,15H2,1-3H3. The van der Waals surface area contributed by atoms with Crippen LogP contribution in [0.25, 0.3) is 0 Å². The van der Waals surface area contributed by atoms with Crippen molar-refractivity contribution in [1.82, 2.24) is 10.2 Å². The van der Waals surface area contributed by atoms with E-state index in [9.17, 15) is 0 Å². The predicted octanol–water partition coefficient (Wildman–Crippen LogP) is 3.30. The van der Waals surface area contributed by atoms with E-state index < -0.39 is 0 Å². The summed E-state index contributed by atoms with van der Waals surface area (Å²) in [6.07, 6.45) is 0.751. The first kappa shape index (κ1) is 15.6. The van der Waals surface area contributed by atoms with Crippen molar-refractivity contribution in [3.63, 3.8) is 0 Å². The van der Waals surface area contributed by atoms with E-state index in [0.29, 0.717) is 0 Å². The molecule has 1 atom stereocenters. The first-order valence-electron chi connectivity index (χ1n) is 6.19. The van der Waals surface area contributed by atoms with Crippen LogP contribution in [0.1, 0.15) is 12.5 Å². The number of nitrogens with two attached hydrogens (primary N) is 1. The molecule has 0 saturated heterocycles. The van der Waals surface area contributed by atoms with Gasteiger partial charge in [0.2, 0.25) is 5.13 Å². The SMILES string of the molecule is CC(N)Cc1c(Cl)cccc1Sc1nnc(N(C)C)s1. The van der Waals surface area contributed by atoms with Gasteiger partial charge in [-0.05, 0) is 31.0 Å². The Kier molecular flexibility index (Phi) is 5.26. The van der Waals surface area contributed by atoms with E-state index in [1.165, 1.54) is 0 Å². The van der Waals surface area contributed by atoms with Crippen molar-refractivity contribution in [2.24, 2.45) is 5.73 Å². The molecule has 0 fully saturated rings. The van der Waals surface area contributed by atoms with Crippen molar-refractivity contribution < 1.29 is 0 Å². The van der Waals surface area contributed by atoms with E-state index in [2.05, 4.69) is 10.2 Å². The number of anilines is 1. The summed E-state index contributed by atoms with van der Waals surface area (Å²) in [6, 6.07) is 5.96. The molecule has 0 aliphatic rings. The summed E-state index contributed by atoms with van der Waals surface area (Å²) in [5.41, 5.74) is 6.98.